The molecule has 1 atom stereocenters. The summed E-state index contributed by atoms with van der Waals surface area (Å²) in [5.74, 6) is 0. The summed E-state index contributed by atoms with van der Waals surface area (Å²) in [7, 11) is 2.05. The van der Waals surface area contributed by atoms with Crippen molar-refractivity contribution in [3.8, 4) is 0 Å². The van der Waals surface area contributed by atoms with E-state index in [2.05, 4.69) is 35.7 Å². The first kappa shape index (κ1) is 11.8. The van der Waals surface area contributed by atoms with Gasteiger partial charge in [0.1, 0.15) is 0 Å². The van der Waals surface area contributed by atoms with E-state index in [1.165, 1.54) is 36.4 Å². The lowest BCUT2D eigenvalue weighted by molar-refractivity contribution is 0.565. The van der Waals surface area contributed by atoms with Gasteiger partial charge in [-0.3, -0.25) is 0 Å². The van der Waals surface area contributed by atoms with Crippen molar-refractivity contribution in [2.45, 2.75) is 45.1 Å². The van der Waals surface area contributed by atoms with Crippen molar-refractivity contribution in [1.29, 1.82) is 0 Å². The van der Waals surface area contributed by atoms with E-state index in [-0.39, 0.29) is 0 Å². The van der Waals surface area contributed by atoms with Crippen molar-refractivity contribution in [2.75, 3.05) is 7.05 Å². The molecular weight excluding hydrogens is 216 g/mol. The van der Waals surface area contributed by atoms with Crippen LogP contribution in [0, 0.1) is 6.92 Å². The molecule has 1 aromatic rings. The lowest BCUT2D eigenvalue weighted by Gasteiger charge is -2.22. The molecule has 0 fully saturated rings. The Morgan fingerprint density at radius 1 is 1.50 bits per heavy atom. The van der Waals surface area contributed by atoms with Crippen LogP contribution in [-0.2, 0) is 6.42 Å². The van der Waals surface area contributed by atoms with Crippen LogP contribution in [0.1, 0.15) is 36.4 Å². The Hall–Kier alpha value is -0.670. The molecule has 0 saturated carbocycles. The van der Waals surface area contributed by atoms with E-state index in [1.807, 2.05) is 0 Å². The molecule has 1 N–H and O–H groups in total. The van der Waals surface area contributed by atoms with Gasteiger partial charge >= 0.3 is 0 Å². The second kappa shape index (κ2) is 5.60. The molecule has 2 nitrogen and oxygen atoms in total. The number of nitrogens with zero attached hydrogens (tertiary/aromatic N) is 1. The highest BCUT2D eigenvalue weighted by Crippen LogP contribution is 2.22. The largest absolute Gasteiger partial charge is 0.313 e. The van der Waals surface area contributed by atoms with Crippen molar-refractivity contribution in [1.82, 2.24) is 10.3 Å². The van der Waals surface area contributed by atoms with Crippen molar-refractivity contribution in [3.05, 3.63) is 27.7 Å². The van der Waals surface area contributed by atoms with Crippen LogP contribution in [0.25, 0.3) is 0 Å². The fourth-order valence-electron chi connectivity index (χ4n) is 2.31. The van der Waals surface area contributed by atoms with Crippen molar-refractivity contribution < 1.29 is 0 Å². The van der Waals surface area contributed by atoms with Gasteiger partial charge in [-0.05, 0) is 39.7 Å². The average Bonchev–Trinajstić information content (AvgIpc) is 2.73. The predicted molar refractivity (Wildman–Crippen MR) is 70.0 cm³/mol. The molecule has 0 spiro atoms. The number of allylic oxidation sites excluding steroid dienone is 1. The minimum absolute atomic E-state index is 0.488. The molecule has 0 bridgehead atoms. The van der Waals surface area contributed by atoms with E-state index < -0.39 is 0 Å². The monoisotopic (exact) mass is 236 g/mol. The zero-order valence-electron chi connectivity index (χ0n) is 10.1. The van der Waals surface area contributed by atoms with Gasteiger partial charge in [0.25, 0.3) is 0 Å². The number of likely N-dealkylation sites (N-methyl/N-ethyl adjacent to an activating group) is 1. The second-order valence-electron chi connectivity index (χ2n) is 4.43. The minimum Gasteiger partial charge on any atom is -0.313 e. The highest BCUT2D eigenvalue weighted by Gasteiger charge is 2.15. The minimum atomic E-state index is 0.488. The quantitative estimate of drug-likeness (QED) is 0.813. The summed E-state index contributed by atoms with van der Waals surface area (Å²) in [6.07, 6.45) is 8.67. The summed E-state index contributed by atoms with van der Waals surface area (Å²) in [5.41, 5.74) is 2.81. The zero-order valence-corrected chi connectivity index (χ0v) is 10.9. The fraction of sp³-hybridized carbons (Fsp3) is 0.615. The smallest absolute Gasteiger partial charge is 0.0897 e. The molecule has 1 heterocycles. The SMILES string of the molecule is CNC(Cc1csc(C)n1)C1=CCCCC1. The Bertz CT molecular complexity index is 368. The van der Waals surface area contributed by atoms with Gasteiger partial charge in [0.05, 0.1) is 10.7 Å². The van der Waals surface area contributed by atoms with Crippen LogP contribution in [0.2, 0.25) is 0 Å². The molecule has 88 valence electrons. The maximum Gasteiger partial charge on any atom is 0.0897 e. The first-order chi connectivity index (χ1) is 7.79. The highest BCUT2D eigenvalue weighted by atomic mass is 32.1. The normalized spacial score (nSPS) is 18.2. The standard InChI is InChI=1S/C13H20N2S/c1-10-15-12(9-16-10)8-13(14-2)11-6-4-3-5-7-11/h6,9,13-14H,3-5,7-8H2,1-2H3. The number of aromatic nitrogens is 1. The summed E-state index contributed by atoms with van der Waals surface area (Å²) in [6.45, 7) is 2.07. The van der Waals surface area contributed by atoms with Gasteiger partial charge in [-0.1, -0.05) is 11.6 Å². The first-order valence-corrected chi connectivity index (χ1v) is 6.94. The molecule has 1 aromatic heterocycles. The second-order valence-corrected chi connectivity index (χ2v) is 5.49. The maximum absolute atomic E-state index is 4.54. The van der Waals surface area contributed by atoms with E-state index >= 15 is 0 Å². The molecule has 16 heavy (non-hydrogen) atoms. The third-order valence-electron chi connectivity index (χ3n) is 3.20. The Morgan fingerprint density at radius 3 is 2.94 bits per heavy atom. The lowest BCUT2D eigenvalue weighted by Crippen LogP contribution is -2.30. The molecule has 0 aliphatic heterocycles. The van der Waals surface area contributed by atoms with Gasteiger partial charge in [-0.25, -0.2) is 4.98 Å². The Morgan fingerprint density at radius 2 is 2.38 bits per heavy atom. The van der Waals surface area contributed by atoms with E-state index in [1.54, 1.807) is 16.9 Å². The van der Waals surface area contributed by atoms with Crippen LogP contribution in [0.4, 0.5) is 0 Å². The Balaban J connectivity index is 2.02. The van der Waals surface area contributed by atoms with E-state index in [0.29, 0.717) is 6.04 Å². The van der Waals surface area contributed by atoms with Gasteiger partial charge in [0.15, 0.2) is 0 Å². The van der Waals surface area contributed by atoms with Crippen LogP contribution in [0.3, 0.4) is 0 Å². The van der Waals surface area contributed by atoms with Crippen molar-refractivity contribution in [2.24, 2.45) is 0 Å². The van der Waals surface area contributed by atoms with E-state index in [4.69, 9.17) is 0 Å². The molecule has 1 aliphatic rings. The Kier molecular flexibility index (Phi) is 4.13. The summed E-state index contributed by atoms with van der Waals surface area (Å²) in [6, 6.07) is 0.488. The predicted octanol–water partition coefficient (Wildman–Crippen LogP) is 3.08. The molecule has 1 unspecified atom stereocenters. The van der Waals surface area contributed by atoms with Crippen LogP contribution >= 0.6 is 11.3 Å². The number of thiazole rings is 1. The van der Waals surface area contributed by atoms with Crippen LogP contribution < -0.4 is 5.32 Å². The van der Waals surface area contributed by atoms with E-state index in [0.717, 1.165) is 6.42 Å². The van der Waals surface area contributed by atoms with Crippen LogP contribution in [0.5, 0.6) is 0 Å². The topological polar surface area (TPSA) is 24.9 Å². The molecule has 2 rings (SSSR count). The van der Waals surface area contributed by atoms with Gasteiger partial charge < -0.3 is 5.32 Å². The zero-order chi connectivity index (χ0) is 11.4. The van der Waals surface area contributed by atoms with Gasteiger partial charge in [-0.15, -0.1) is 11.3 Å². The van der Waals surface area contributed by atoms with Crippen LogP contribution in [0.15, 0.2) is 17.0 Å². The number of aryl methyl sites for hydroxylation is 1. The van der Waals surface area contributed by atoms with Crippen LogP contribution in [-0.4, -0.2) is 18.1 Å². The third kappa shape index (κ3) is 2.92. The number of rotatable bonds is 4. The number of hydrogen-bond acceptors (Lipinski definition) is 3. The van der Waals surface area contributed by atoms with Gasteiger partial charge in [0, 0.05) is 17.8 Å². The Labute approximate surface area is 102 Å². The molecule has 1 aliphatic carbocycles. The van der Waals surface area contributed by atoms with E-state index in [9.17, 15) is 0 Å². The third-order valence-corrected chi connectivity index (χ3v) is 4.02. The number of hydrogen-bond donors (Lipinski definition) is 1. The number of nitrogens with one attached hydrogen (secondary N) is 1. The molecule has 0 radical (unpaired) electrons. The van der Waals surface area contributed by atoms with Crippen molar-refractivity contribution in [3.63, 3.8) is 0 Å². The highest BCUT2D eigenvalue weighted by molar-refractivity contribution is 7.09. The molecule has 0 saturated heterocycles. The molecule has 3 heteroatoms. The first-order valence-electron chi connectivity index (χ1n) is 6.07. The fourth-order valence-corrected chi connectivity index (χ4v) is 2.93. The molecular formula is C13H20N2S. The van der Waals surface area contributed by atoms with Gasteiger partial charge in [-0.2, -0.15) is 0 Å². The van der Waals surface area contributed by atoms with Gasteiger partial charge in [0.2, 0.25) is 0 Å². The summed E-state index contributed by atoms with van der Waals surface area (Å²) >= 11 is 1.75. The summed E-state index contributed by atoms with van der Waals surface area (Å²) in [5, 5.41) is 6.78. The summed E-state index contributed by atoms with van der Waals surface area (Å²) in [4.78, 5) is 4.54. The lowest BCUT2D eigenvalue weighted by atomic mass is 9.92. The maximum atomic E-state index is 4.54. The molecule has 0 aromatic carbocycles. The van der Waals surface area contributed by atoms with Crippen molar-refractivity contribution >= 4 is 11.3 Å². The molecule has 0 amide bonds. The summed E-state index contributed by atoms with van der Waals surface area (Å²) < 4.78 is 0. The average molecular weight is 236 g/mol.